The van der Waals surface area contributed by atoms with E-state index in [0.29, 0.717) is 28.5 Å². The van der Waals surface area contributed by atoms with Gasteiger partial charge in [0, 0.05) is 11.3 Å². The Labute approximate surface area is 151 Å². The number of aromatic nitrogens is 1. The molecule has 0 radical (unpaired) electrons. The summed E-state index contributed by atoms with van der Waals surface area (Å²) in [6.45, 7) is 4.02. The van der Waals surface area contributed by atoms with E-state index in [2.05, 4.69) is 10.3 Å². The van der Waals surface area contributed by atoms with Gasteiger partial charge in [-0.15, -0.1) is 0 Å². The van der Waals surface area contributed by atoms with Crippen molar-refractivity contribution in [3.63, 3.8) is 0 Å². The van der Waals surface area contributed by atoms with Gasteiger partial charge in [0.15, 0.2) is 29.3 Å². The molecule has 1 aromatic heterocycles. The normalized spacial score (nSPS) is 10.5. The fourth-order valence-electron chi connectivity index (χ4n) is 2.60. The van der Waals surface area contributed by atoms with Crippen molar-refractivity contribution >= 4 is 11.6 Å². The largest absolute Gasteiger partial charge is 0.493 e. The van der Waals surface area contributed by atoms with Crippen molar-refractivity contribution in [3.05, 3.63) is 59.6 Å². The van der Waals surface area contributed by atoms with Gasteiger partial charge in [-0.2, -0.15) is 0 Å². The Bertz CT molecular complexity index is 947. The van der Waals surface area contributed by atoms with Gasteiger partial charge in [-0.1, -0.05) is 6.07 Å². The van der Waals surface area contributed by atoms with Crippen LogP contribution in [-0.4, -0.2) is 25.1 Å². The SMILES string of the molecule is COc1ccc(-c2ocnc2C(=O)Nc2ccc(C)c(C)c2)cc1OC. The number of ether oxygens (including phenoxy) is 2. The summed E-state index contributed by atoms with van der Waals surface area (Å²) in [6.07, 6.45) is 1.25. The summed E-state index contributed by atoms with van der Waals surface area (Å²) in [7, 11) is 3.11. The summed E-state index contributed by atoms with van der Waals surface area (Å²) in [5, 5.41) is 2.86. The number of oxazole rings is 1. The lowest BCUT2D eigenvalue weighted by molar-refractivity contribution is 0.102. The summed E-state index contributed by atoms with van der Waals surface area (Å²) < 4.78 is 16.0. The Balaban J connectivity index is 1.90. The number of aryl methyl sites for hydroxylation is 2. The molecule has 1 N–H and O–H groups in total. The first kappa shape index (κ1) is 17.5. The molecular weight excluding hydrogens is 332 g/mol. The molecule has 0 aliphatic heterocycles. The molecule has 6 nitrogen and oxygen atoms in total. The van der Waals surface area contributed by atoms with Crippen LogP contribution in [0, 0.1) is 13.8 Å². The van der Waals surface area contributed by atoms with Gasteiger partial charge in [0.05, 0.1) is 14.2 Å². The van der Waals surface area contributed by atoms with Crippen LogP contribution in [0.3, 0.4) is 0 Å². The van der Waals surface area contributed by atoms with Crippen LogP contribution in [-0.2, 0) is 0 Å². The minimum atomic E-state index is -0.341. The number of hydrogen-bond acceptors (Lipinski definition) is 5. The van der Waals surface area contributed by atoms with E-state index in [1.807, 2.05) is 32.0 Å². The van der Waals surface area contributed by atoms with Crippen molar-refractivity contribution < 1.29 is 18.7 Å². The van der Waals surface area contributed by atoms with Crippen molar-refractivity contribution in [1.82, 2.24) is 4.98 Å². The molecule has 0 aliphatic rings. The lowest BCUT2D eigenvalue weighted by Gasteiger charge is -2.09. The summed E-state index contributed by atoms with van der Waals surface area (Å²) in [5.41, 5.74) is 3.85. The molecule has 0 saturated carbocycles. The van der Waals surface area contributed by atoms with Gasteiger partial charge in [-0.25, -0.2) is 4.98 Å². The van der Waals surface area contributed by atoms with Gasteiger partial charge in [0.1, 0.15) is 0 Å². The highest BCUT2D eigenvalue weighted by molar-refractivity contribution is 6.06. The van der Waals surface area contributed by atoms with Gasteiger partial charge in [-0.3, -0.25) is 4.79 Å². The molecule has 1 heterocycles. The number of hydrogen-bond donors (Lipinski definition) is 1. The van der Waals surface area contributed by atoms with E-state index in [1.54, 1.807) is 32.4 Å². The van der Waals surface area contributed by atoms with Crippen molar-refractivity contribution in [2.24, 2.45) is 0 Å². The summed E-state index contributed by atoms with van der Waals surface area (Å²) in [6, 6.07) is 11.0. The quantitative estimate of drug-likeness (QED) is 0.744. The van der Waals surface area contributed by atoms with E-state index in [4.69, 9.17) is 13.9 Å². The van der Waals surface area contributed by atoms with E-state index in [-0.39, 0.29) is 11.6 Å². The van der Waals surface area contributed by atoms with Crippen LogP contribution in [0.4, 0.5) is 5.69 Å². The molecule has 0 fully saturated rings. The molecule has 6 heteroatoms. The van der Waals surface area contributed by atoms with Gasteiger partial charge < -0.3 is 19.2 Å². The second-order valence-electron chi connectivity index (χ2n) is 5.85. The molecular formula is C20H20N2O4. The highest BCUT2D eigenvalue weighted by atomic mass is 16.5. The van der Waals surface area contributed by atoms with Gasteiger partial charge in [0.2, 0.25) is 0 Å². The molecule has 0 atom stereocenters. The number of methoxy groups -OCH3 is 2. The van der Waals surface area contributed by atoms with Crippen LogP contribution >= 0.6 is 0 Å². The van der Waals surface area contributed by atoms with E-state index >= 15 is 0 Å². The van der Waals surface area contributed by atoms with Crippen molar-refractivity contribution in [2.45, 2.75) is 13.8 Å². The standard InChI is InChI=1S/C20H20N2O4/c1-12-5-7-15(9-13(12)2)22-20(23)18-19(26-11-21-18)14-6-8-16(24-3)17(10-14)25-4/h5-11H,1-4H3,(H,22,23). The lowest BCUT2D eigenvalue weighted by Crippen LogP contribution is -2.13. The molecule has 1 amide bonds. The molecule has 26 heavy (non-hydrogen) atoms. The van der Waals surface area contributed by atoms with E-state index in [0.717, 1.165) is 11.1 Å². The monoisotopic (exact) mass is 352 g/mol. The second kappa shape index (κ2) is 7.31. The van der Waals surface area contributed by atoms with Crippen LogP contribution in [0.15, 0.2) is 47.2 Å². The van der Waals surface area contributed by atoms with Crippen LogP contribution in [0.5, 0.6) is 11.5 Å². The maximum absolute atomic E-state index is 12.7. The molecule has 3 aromatic rings. The Morgan fingerprint density at radius 2 is 1.77 bits per heavy atom. The highest BCUT2D eigenvalue weighted by Crippen LogP contribution is 2.33. The number of nitrogens with one attached hydrogen (secondary N) is 1. The molecule has 0 spiro atoms. The molecule has 0 saturated heterocycles. The van der Waals surface area contributed by atoms with Gasteiger partial charge >= 0.3 is 0 Å². The van der Waals surface area contributed by atoms with Gasteiger partial charge in [-0.05, 0) is 55.3 Å². The molecule has 2 aromatic carbocycles. The van der Waals surface area contributed by atoms with Crippen LogP contribution in [0.2, 0.25) is 0 Å². The Kier molecular flexibility index (Phi) is 4.93. The van der Waals surface area contributed by atoms with Crippen LogP contribution < -0.4 is 14.8 Å². The number of anilines is 1. The first-order valence-electron chi connectivity index (χ1n) is 8.08. The average molecular weight is 352 g/mol. The third-order valence-corrected chi connectivity index (χ3v) is 4.19. The average Bonchev–Trinajstić information content (AvgIpc) is 3.14. The number of rotatable bonds is 5. The third-order valence-electron chi connectivity index (χ3n) is 4.19. The zero-order chi connectivity index (χ0) is 18.7. The third kappa shape index (κ3) is 3.39. The fourth-order valence-corrected chi connectivity index (χ4v) is 2.60. The van der Waals surface area contributed by atoms with E-state index in [9.17, 15) is 4.79 Å². The van der Waals surface area contributed by atoms with E-state index in [1.165, 1.54) is 6.39 Å². The molecule has 134 valence electrons. The van der Waals surface area contributed by atoms with Crippen molar-refractivity contribution in [3.8, 4) is 22.8 Å². The maximum atomic E-state index is 12.7. The Morgan fingerprint density at radius 1 is 1.00 bits per heavy atom. The van der Waals surface area contributed by atoms with Crippen molar-refractivity contribution in [2.75, 3.05) is 19.5 Å². The first-order valence-corrected chi connectivity index (χ1v) is 8.08. The first-order chi connectivity index (χ1) is 12.5. The van der Waals surface area contributed by atoms with Crippen LogP contribution in [0.25, 0.3) is 11.3 Å². The minimum absolute atomic E-state index is 0.204. The number of benzene rings is 2. The Morgan fingerprint density at radius 3 is 2.46 bits per heavy atom. The predicted octanol–water partition coefficient (Wildman–Crippen LogP) is 4.23. The highest BCUT2D eigenvalue weighted by Gasteiger charge is 2.20. The molecule has 0 bridgehead atoms. The molecule has 0 unspecified atom stereocenters. The maximum Gasteiger partial charge on any atom is 0.278 e. The Hall–Kier alpha value is -3.28. The number of amides is 1. The van der Waals surface area contributed by atoms with Crippen LogP contribution in [0.1, 0.15) is 21.6 Å². The second-order valence-corrected chi connectivity index (χ2v) is 5.85. The smallest absolute Gasteiger partial charge is 0.278 e. The summed E-state index contributed by atoms with van der Waals surface area (Å²) in [5.74, 6) is 1.16. The lowest BCUT2D eigenvalue weighted by atomic mass is 10.1. The predicted molar refractivity (Wildman–Crippen MR) is 98.9 cm³/mol. The zero-order valence-electron chi connectivity index (χ0n) is 15.1. The van der Waals surface area contributed by atoms with Crippen molar-refractivity contribution in [1.29, 1.82) is 0 Å². The van der Waals surface area contributed by atoms with E-state index < -0.39 is 0 Å². The minimum Gasteiger partial charge on any atom is -0.493 e. The molecule has 3 rings (SSSR count). The summed E-state index contributed by atoms with van der Waals surface area (Å²) >= 11 is 0. The topological polar surface area (TPSA) is 73.6 Å². The summed E-state index contributed by atoms with van der Waals surface area (Å²) in [4.78, 5) is 16.7. The van der Waals surface area contributed by atoms with Gasteiger partial charge in [0.25, 0.3) is 5.91 Å². The number of carbonyl (C=O) groups excluding carboxylic acids is 1. The molecule has 0 aliphatic carbocycles. The number of carbonyl (C=O) groups is 1. The number of nitrogens with zero attached hydrogens (tertiary/aromatic N) is 1. The fraction of sp³-hybridized carbons (Fsp3) is 0.200. The zero-order valence-corrected chi connectivity index (χ0v) is 15.1.